The summed E-state index contributed by atoms with van der Waals surface area (Å²) in [6.45, 7) is 1.57. The van der Waals surface area contributed by atoms with Crippen LogP contribution in [0.15, 0.2) is 11.4 Å². The van der Waals surface area contributed by atoms with E-state index in [0.29, 0.717) is 12.2 Å². The molecule has 0 atom stereocenters. The molecule has 0 bridgehead atoms. The van der Waals surface area contributed by atoms with Crippen LogP contribution >= 0.6 is 23.7 Å². The smallest absolute Gasteiger partial charge is 0.347 e. The number of nitrogens with one attached hydrogen (secondary N) is 1. The summed E-state index contributed by atoms with van der Waals surface area (Å²) in [5.74, 6) is 0. The summed E-state index contributed by atoms with van der Waals surface area (Å²) in [5, 5.41) is 15.5. The van der Waals surface area contributed by atoms with Crippen molar-refractivity contribution < 1.29 is 4.92 Å². The van der Waals surface area contributed by atoms with E-state index in [-0.39, 0.29) is 22.3 Å². The lowest BCUT2D eigenvalue weighted by Gasteiger charge is -2.09. The maximum atomic E-state index is 10.5. The van der Waals surface area contributed by atoms with Crippen molar-refractivity contribution in [2.24, 2.45) is 0 Å². The molecule has 0 aromatic carbocycles. The summed E-state index contributed by atoms with van der Waals surface area (Å²) < 4.78 is 0. The largest absolute Gasteiger partial charge is 0.377 e. The Labute approximate surface area is 98.6 Å². The summed E-state index contributed by atoms with van der Waals surface area (Å²) >= 11 is 1.14. The molecular weight excluding hydrogens is 238 g/mol. The number of hydrogen-bond donors (Lipinski definition) is 1. The first-order chi connectivity index (χ1) is 6.61. The fourth-order valence-corrected chi connectivity index (χ4v) is 1.68. The molecule has 1 N–H and O–H groups in total. The SMILES string of the molecule is CN(C)CCNc1ccsc1[N+](=O)[O-].Cl. The van der Waals surface area contributed by atoms with E-state index in [1.165, 1.54) is 0 Å². The maximum Gasteiger partial charge on any atom is 0.347 e. The summed E-state index contributed by atoms with van der Waals surface area (Å²) in [4.78, 5) is 12.2. The third kappa shape index (κ3) is 4.46. The molecule has 0 saturated heterocycles. The zero-order chi connectivity index (χ0) is 10.6. The Morgan fingerprint density at radius 1 is 1.60 bits per heavy atom. The number of halogens is 1. The first-order valence-electron chi connectivity index (χ1n) is 4.21. The highest BCUT2D eigenvalue weighted by molar-refractivity contribution is 7.14. The average molecular weight is 252 g/mol. The molecule has 7 heteroatoms. The van der Waals surface area contributed by atoms with Gasteiger partial charge in [-0.1, -0.05) is 11.3 Å². The van der Waals surface area contributed by atoms with Crippen LogP contribution in [-0.4, -0.2) is 37.0 Å². The Bertz CT molecular complexity index is 317. The van der Waals surface area contributed by atoms with E-state index in [2.05, 4.69) is 5.32 Å². The normalized spacial score (nSPS) is 9.80. The van der Waals surface area contributed by atoms with Gasteiger partial charge in [0.15, 0.2) is 0 Å². The molecule has 0 fully saturated rings. The van der Waals surface area contributed by atoms with Gasteiger partial charge >= 0.3 is 5.00 Å². The summed E-state index contributed by atoms with van der Waals surface area (Å²) in [7, 11) is 3.92. The molecule has 0 aliphatic rings. The number of nitro groups is 1. The van der Waals surface area contributed by atoms with Crippen LogP contribution in [0.1, 0.15) is 0 Å². The first kappa shape index (κ1) is 14.2. The van der Waals surface area contributed by atoms with E-state index >= 15 is 0 Å². The molecule has 0 saturated carbocycles. The zero-order valence-electron chi connectivity index (χ0n) is 8.60. The second-order valence-corrected chi connectivity index (χ2v) is 4.02. The highest BCUT2D eigenvalue weighted by Crippen LogP contribution is 2.30. The van der Waals surface area contributed by atoms with E-state index in [0.717, 1.165) is 17.9 Å². The molecule has 1 rings (SSSR count). The molecule has 0 radical (unpaired) electrons. The van der Waals surface area contributed by atoms with Gasteiger partial charge in [-0.05, 0) is 25.5 Å². The number of anilines is 1. The van der Waals surface area contributed by atoms with Crippen molar-refractivity contribution in [1.29, 1.82) is 0 Å². The van der Waals surface area contributed by atoms with Gasteiger partial charge in [0.2, 0.25) is 0 Å². The van der Waals surface area contributed by atoms with Crippen LogP contribution in [0.25, 0.3) is 0 Å². The Morgan fingerprint density at radius 2 is 2.27 bits per heavy atom. The van der Waals surface area contributed by atoms with Gasteiger partial charge in [0.05, 0.1) is 4.92 Å². The molecule has 86 valence electrons. The molecule has 0 aliphatic heterocycles. The van der Waals surface area contributed by atoms with Crippen molar-refractivity contribution >= 4 is 34.4 Å². The van der Waals surface area contributed by atoms with Gasteiger partial charge in [-0.25, -0.2) is 0 Å². The van der Waals surface area contributed by atoms with Gasteiger partial charge < -0.3 is 10.2 Å². The molecular formula is C8H14ClN3O2S. The van der Waals surface area contributed by atoms with Crippen molar-refractivity contribution in [1.82, 2.24) is 4.90 Å². The lowest BCUT2D eigenvalue weighted by molar-refractivity contribution is -0.379. The third-order valence-corrected chi connectivity index (χ3v) is 2.55. The Balaban J connectivity index is 0.00000196. The minimum absolute atomic E-state index is 0. The topological polar surface area (TPSA) is 58.4 Å². The quantitative estimate of drug-likeness (QED) is 0.643. The van der Waals surface area contributed by atoms with Crippen molar-refractivity contribution in [3.8, 4) is 0 Å². The van der Waals surface area contributed by atoms with E-state index in [1.54, 1.807) is 11.4 Å². The predicted molar refractivity (Wildman–Crippen MR) is 65.3 cm³/mol. The number of nitrogens with zero attached hydrogens (tertiary/aromatic N) is 2. The molecule has 1 aromatic heterocycles. The van der Waals surface area contributed by atoms with Gasteiger partial charge in [0, 0.05) is 13.1 Å². The Hall–Kier alpha value is -0.850. The predicted octanol–water partition coefficient (Wildman–Crippen LogP) is 2.05. The number of hydrogen-bond acceptors (Lipinski definition) is 5. The molecule has 1 aromatic rings. The lowest BCUT2D eigenvalue weighted by atomic mass is 10.4. The van der Waals surface area contributed by atoms with Crippen LogP contribution in [0.4, 0.5) is 10.7 Å². The van der Waals surface area contributed by atoms with Crippen LogP contribution in [0.5, 0.6) is 0 Å². The highest BCUT2D eigenvalue weighted by Gasteiger charge is 2.14. The van der Waals surface area contributed by atoms with Gasteiger partial charge in [0.1, 0.15) is 5.69 Å². The van der Waals surface area contributed by atoms with Crippen molar-refractivity contribution in [2.75, 3.05) is 32.5 Å². The Kier molecular flexibility index (Phi) is 6.23. The van der Waals surface area contributed by atoms with Gasteiger partial charge in [-0.3, -0.25) is 10.1 Å². The van der Waals surface area contributed by atoms with E-state index in [9.17, 15) is 10.1 Å². The number of thiophene rings is 1. The minimum Gasteiger partial charge on any atom is -0.377 e. The van der Waals surface area contributed by atoms with E-state index in [1.807, 2.05) is 19.0 Å². The molecule has 0 unspecified atom stereocenters. The second kappa shape index (κ2) is 6.60. The van der Waals surface area contributed by atoms with Gasteiger partial charge in [0.25, 0.3) is 0 Å². The van der Waals surface area contributed by atoms with Crippen LogP contribution in [-0.2, 0) is 0 Å². The number of likely N-dealkylation sites (N-methyl/N-ethyl adjacent to an activating group) is 1. The zero-order valence-corrected chi connectivity index (χ0v) is 10.2. The molecule has 0 aliphatic carbocycles. The fraction of sp³-hybridized carbons (Fsp3) is 0.500. The van der Waals surface area contributed by atoms with Crippen LogP contribution in [0, 0.1) is 10.1 Å². The first-order valence-corrected chi connectivity index (χ1v) is 5.09. The standard InChI is InChI=1S/C8H13N3O2S.ClH/c1-10(2)5-4-9-7-3-6-14-8(7)11(12)13;/h3,6,9H,4-5H2,1-2H3;1H. The summed E-state index contributed by atoms with van der Waals surface area (Å²) in [5.41, 5.74) is 0.613. The molecule has 0 amide bonds. The van der Waals surface area contributed by atoms with Gasteiger partial charge in [-0.15, -0.1) is 12.4 Å². The van der Waals surface area contributed by atoms with Crippen LogP contribution in [0.2, 0.25) is 0 Å². The van der Waals surface area contributed by atoms with Crippen molar-refractivity contribution in [3.63, 3.8) is 0 Å². The van der Waals surface area contributed by atoms with E-state index in [4.69, 9.17) is 0 Å². The molecule has 1 heterocycles. The van der Waals surface area contributed by atoms with E-state index < -0.39 is 0 Å². The van der Waals surface area contributed by atoms with Crippen molar-refractivity contribution in [3.05, 3.63) is 21.6 Å². The lowest BCUT2D eigenvalue weighted by Crippen LogP contribution is -2.20. The minimum atomic E-state index is -0.358. The van der Waals surface area contributed by atoms with Gasteiger partial charge in [-0.2, -0.15) is 0 Å². The maximum absolute atomic E-state index is 10.5. The second-order valence-electron chi connectivity index (χ2n) is 3.13. The average Bonchev–Trinajstić information content (AvgIpc) is 2.51. The molecule has 5 nitrogen and oxygen atoms in total. The van der Waals surface area contributed by atoms with Crippen molar-refractivity contribution in [2.45, 2.75) is 0 Å². The number of rotatable bonds is 5. The monoisotopic (exact) mass is 251 g/mol. The Morgan fingerprint density at radius 3 is 2.80 bits per heavy atom. The molecule has 0 spiro atoms. The third-order valence-electron chi connectivity index (χ3n) is 1.69. The summed E-state index contributed by atoms with van der Waals surface area (Å²) in [6, 6.07) is 1.73. The van der Waals surface area contributed by atoms with Crippen LogP contribution < -0.4 is 5.32 Å². The molecule has 15 heavy (non-hydrogen) atoms. The highest BCUT2D eigenvalue weighted by atomic mass is 35.5. The summed E-state index contributed by atoms with van der Waals surface area (Å²) in [6.07, 6.45) is 0. The van der Waals surface area contributed by atoms with Crippen LogP contribution in [0.3, 0.4) is 0 Å². The fourth-order valence-electron chi connectivity index (χ4n) is 0.991.